The zero-order chi connectivity index (χ0) is 26.0. The summed E-state index contributed by atoms with van der Waals surface area (Å²) in [5.41, 5.74) is 4.92. The third kappa shape index (κ3) is 7.20. The molecule has 0 saturated heterocycles. The Hall–Kier alpha value is -4.59. The van der Waals surface area contributed by atoms with Crippen molar-refractivity contribution in [2.45, 2.75) is 26.4 Å². The lowest BCUT2D eigenvalue weighted by atomic mass is 10.00. The SMILES string of the molecule is CON=C(COc1ccc(COc2ccc(CCC(=O)O)c(-c3cc(C)on3)c2)cc1)c1ccccc1. The molecule has 1 N–H and O–H groups in total. The molecule has 0 atom stereocenters. The van der Waals surface area contributed by atoms with Crippen LogP contribution in [0.4, 0.5) is 0 Å². The van der Waals surface area contributed by atoms with Crippen LogP contribution in [0.25, 0.3) is 11.3 Å². The van der Waals surface area contributed by atoms with Gasteiger partial charge in [-0.15, -0.1) is 0 Å². The number of carboxylic acid groups (broad SMARTS) is 1. The van der Waals surface area contributed by atoms with Gasteiger partial charge in [0.05, 0.1) is 0 Å². The maximum atomic E-state index is 11.1. The van der Waals surface area contributed by atoms with Gasteiger partial charge in [0, 0.05) is 23.6 Å². The number of aryl methyl sites for hydroxylation is 2. The second-order valence-corrected chi connectivity index (χ2v) is 8.34. The average Bonchev–Trinajstić information content (AvgIpc) is 3.36. The molecule has 0 aliphatic rings. The Bertz CT molecular complexity index is 1350. The van der Waals surface area contributed by atoms with Crippen molar-refractivity contribution in [3.8, 4) is 22.8 Å². The molecule has 4 rings (SSSR count). The van der Waals surface area contributed by atoms with Crippen LogP contribution in [-0.4, -0.2) is 35.7 Å². The predicted octanol–water partition coefficient (Wildman–Crippen LogP) is 5.68. The molecule has 1 aromatic heterocycles. The zero-order valence-corrected chi connectivity index (χ0v) is 20.7. The van der Waals surface area contributed by atoms with Crippen LogP contribution in [0.3, 0.4) is 0 Å². The molecule has 37 heavy (non-hydrogen) atoms. The molecule has 0 unspecified atom stereocenters. The number of ether oxygens (including phenoxy) is 2. The number of benzene rings is 3. The molecule has 0 aliphatic carbocycles. The van der Waals surface area contributed by atoms with E-state index in [0.717, 1.165) is 22.3 Å². The summed E-state index contributed by atoms with van der Waals surface area (Å²) in [4.78, 5) is 16.0. The topological polar surface area (TPSA) is 103 Å². The first-order valence-electron chi connectivity index (χ1n) is 11.8. The number of aliphatic carboxylic acids is 1. The lowest BCUT2D eigenvalue weighted by molar-refractivity contribution is -0.136. The van der Waals surface area contributed by atoms with Gasteiger partial charge in [0.25, 0.3) is 0 Å². The Morgan fingerprint density at radius 3 is 2.41 bits per heavy atom. The van der Waals surface area contributed by atoms with Crippen molar-refractivity contribution in [1.82, 2.24) is 5.16 Å². The molecule has 190 valence electrons. The highest BCUT2D eigenvalue weighted by Crippen LogP contribution is 2.29. The Labute approximate surface area is 215 Å². The highest BCUT2D eigenvalue weighted by atomic mass is 16.6. The van der Waals surface area contributed by atoms with E-state index in [0.29, 0.717) is 41.7 Å². The molecule has 8 heteroatoms. The molecule has 1 heterocycles. The maximum absolute atomic E-state index is 11.1. The molecule has 0 spiro atoms. The van der Waals surface area contributed by atoms with E-state index in [2.05, 4.69) is 10.3 Å². The van der Waals surface area contributed by atoms with Crippen LogP contribution in [0.1, 0.15) is 28.9 Å². The zero-order valence-electron chi connectivity index (χ0n) is 20.7. The van der Waals surface area contributed by atoms with E-state index < -0.39 is 5.97 Å². The first-order chi connectivity index (χ1) is 18.0. The van der Waals surface area contributed by atoms with E-state index in [1.54, 1.807) is 0 Å². The van der Waals surface area contributed by atoms with Gasteiger partial charge in [0.15, 0.2) is 0 Å². The van der Waals surface area contributed by atoms with E-state index in [1.807, 2.05) is 85.8 Å². The molecule has 4 aromatic rings. The van der Waals surface area contributed by atoms with Gasteiger partial charge >= 0.3 is 5.97 Å². The molecule has 0 fully saturated rings. The monoisotopic (exact) mass is 500 g/mol. The number of aromatic nitrogens is 1. The van der Waals surface area contributed by atoms with Crippen LogP contribution in [0.5, 0.6) is 11.5 Å². The summed E-state index contributed by atoms with van der Waals surface area (Å²) in [7, 11) is 1.51. The summed E-state index contributed by atoms with van der Waals surface area (Å²) < 4.78 is 17.1. The summed E-state index contributed by atoms with van der Waals surface area (Å²) in [5.74, 6) is 1.18. The minimum absolute atomic E-state index is 0.0304. The highest BCUT2D eigenvalue weighted by molar-refractivity contribution is 6.01. The third-order valence-electron chi connectivity index (χ3n) is 5.61. The largest absolute Gasteiger partial charge is 0.489 e. The highest BCUT2D eigenvalue weighted by Gasteiger charge is 2.13. The Morgan fingerprint density at radius 1 is 0.973 bits per heavy atom. The normalized spacial score (nSPS) is 11.2. The quantitative estimate of drug-likeness (QED) is 0.197. The standard InChI is InChI=1S/C29H28N2O6/c1-20-16-27(31-37-20)26-17-25(14-10-22(26)11-15-29(32)33)35-18-21-8-12-24(13-9-21)36-19-28(30-34-2)23-6-4-3-5-7-23/h3-10,12-14,16-17H,11,15,18-19H2,1-2H3,(H,32,33). The van der Waals surface area contributed by atoms with E-state index in [4.69, 9.17) is 23.9 Å². The van der Waals surface area contributed by atoms with Gasteiger partial charge in [-0.05, 0) is 48.7 Å². The van der Waals surface area contributed by atoms with Crippen molar-refractivity contribution in [1.29, 1.82) is 0 Å². The summed E-state index contributed by atoms with van der Waals surface area (Å²) in [6.07, 6.45) is 0.419. The molecule has 0 radical (unpaired) electrons. The fourth-order valence-electron chi connectivity index (χ4n) is 3.74. The van der Waals surface area contributed by atoms with Crippen molar-refractivity contribution < 1.29 is 28.7 Å². The fourth-order valence-corrected chi connectivity index (χ4v) is 3.74. The number of hydrogen-bond acceptors (Lipinski definition) is 7. The van der Waals surface area contributed by atoms with Crippen LogP contribution >= 0.6 is 0 Å². The Morgan fingerprint density at radius 2 is 1.73 bits per heavy atom. The molecule has 3 aromatic carbocycles. The number of hydrogen-bond donors (Lipinski definition) is 1. The van der Waals surface area contributed by atoms with E-state index in [1.165, 1.54) is 7.11 Å². The smallest absolute Gasteiger partial charge is 0.303 e. The van der Waals surface area contributed by atoms with E-state index in [-0.39, 0.29) is 13.0 Å². The second-order valence-electron chi connectivity index (χ2n) is 8.34. The van der Waals surface area contributed by atoms with Gasteiger partial charge in [-0.2, -0.15) is 0 Å². The van der Waals surface area contributed by atoms with Crippen LogP contribution < -0.4 is 9.47 Å². The van der Waals surface area contributed by atoms with Gasteiger partial charge in [-0.25, -0.2) is 0 Å². The second kappa shape index (κ2) is 12.4. The number of rotatable bonds is 12. The van der Waals surface area contributed by atoms with Crippen LogP contribution in [-0.2, 0) is 22.7 Å². The van der Waals surface area contributed by atoms with Crippen molar-refractivity contribution >= 4 is 11.7 Å². The molecule has 0 amide bonds. The van der Waals surface area contributed by atoms with E-state index >= 15 is 0 Å². The summed E-state index contributed by atoms with van der Waals surface area (Å²) in [5, 5.41) is 17.3. The summed E-state index contributed by atoms with van der Waals surface area (Å²) >= 11 is 0. The molecular formula is C29H28N2O6. The summed E-state index contributed by atoms with van der Waals surface area (Å²) in [6.45, 7) is 2.44. The molecule has 0 bridgehead atoms. The first kappa shape index (κ1) is 25.5. The van der Waals surface area contributed by atoms with Gasteiger partial charge in [-0.1, -0.05) is 58.8 Å². The molecule has 8 nitrogen and oxygen atoms in total. The van der Waals surface area contributed by atoms with Crippen molar-refractivity contribution in [2.75, 3.05) is 13.7 Å². The van der Waals surface area contributed by atoms with Crippen molar-refractivity contribution in [3.63, 3.8) is 0 Å². The molecule has 0 aliphatic heterocycles. The van der Waals surface area contributed by atoms with Crippen molar-refractivity contribution in [2.24, 2.45) is 5.16 Å². The molecule has 0 saturated carbocycles. The molecular weight excluding hydrogens is 472 g/mol. The number of carbonyl (C=O) groups is 1. The first-order valence-corrected chi connectivity index (χ1v) is 11.8. The summed E-state index contributed by atoms with van der Waals surface area (Å²) in [6, 6.07) is 24.8. The Balaban J connectivity index is 1.39. The maximum Gasteiger partial charge on any atom is 0.303 e. The van der Waals surface area contributed by atoms with E-state index in [9.17, 15) is 4.79 Å². The Kier molecular flexibility index (Phi) is 8.54. The average molecular weight is 501 g/mol. The lowest BCUT2D eigenvalue weighted by Crippen LogP contribution is -2.13. The van der Waals surface area contributed by atoms with Gasteiger partial charge in [0.2, 0.25) is 0 Å². The third-order valence-corrected chi connectivity index (χ3v) is 5.61. The lowest BCUT2D eigenvalue weighted by Gasteiger charge is -2.12. The minimum Gasteiger partial charge on any atom is -0.489 e. The van der Waals surface area contributed by atoms with Gasteiger partial charge < -0.3 is 23.9 Å². The fraction of sp³-hybridized carbons (Fsp3) is 0.207. The van der Waals surface area contributed by atoms with Gasteiger partial charge in [-0.3, -0.25) is 4.79 Å². The van der Waals surface area contributed by atoms with Crippen LogP contribution in [0, 0.1) is 6.92 Å². The minimum atomic E-state index is -0.850. The van der Waals surface area contributed by atoms with Crippen LogP contribution in [0.15, 0.2) is 88.5 Å². The van der Waals surface area contributed by atoms with Crippen LogP contribution in [0.2, 0.25) is 0 Å². The number of nitrogens with zero attached hydrogens (tertiary/aromatic N) is 2. The number of carboxylic acids is 1. The predicted molar refractivity (Wildman–Crippen MR) is 139 cm³/mol. The number of oxime groups is 1. The van der Waals surface area contributed by atoms with Gasteiger partial charge in [0.1, 0.15) is 49.0 Å². The van der Waals surface area contributed by atoms with Crippen molar-refractivity contribution in [3.05, 3.63) is 101 Å².